The van der Waals surface area contributed by atoms with Crippen molar-refractivity contribution >= 4 is 11.8 Å². The summed E-state index contributed by atoms with van der Waals surface area (Å²) in [5, 5.41) is 13.2. The Kier molecular flexibility index (Phi) is 6.78. The Morgan fingerprint density at radius 3 is 2.38 bits per heavy atom. The average molecular weight is 245 g/mol. The summed E-state index contributed by atoms with van der Waals surface area (Å²) in [7, 11) is 0. The number of rotatable bonds is 6. The van der Waals surface area contributed by atoms with Gasteiger partial charge in [-0.3, -0.25) is 0 Å². The summed E-state index contributed by atoms with van der Waals surface area (Å²) >= 11 is 1.84. The Labute approximate surface area is 105 Å². The van der Waals surface area contributed by atoms with Gasteiger partial charge in [0.1, 0.15) is 0 Å². The lowest BCUT2D eigenvalue weighted by Gasteiger charge is -2.18. The molecule has 1 aliphatic rings. The molecule has 96 valence electrons. The molecule has 2 N–H and O–H groups in total. The van der Waals surface area contributed by atoms with Crippen LogP contribution in [0.5, 0.6) is 0 Å². The molecule has 0 spiro atoms. The van der Waals surface area contributed by atoms with Crippen LogP contribution < -0.4 is 5.32 Å². The maximum absolute atomic E-state index is 9.56. The Balaban J connectivity index is 1.97. The molecule has 0 aromatic carbocycles. The van der Waals surface area contributed by atoms with Crippen molar-refractivity contribution in [3.63, 3.8) is 0 Å². The van der Waals surface area contributed by atoms with E-state index in [4.69, 9.17) is 0 Å². The van der Waals surface area contributed by atoms with Gasteiger partial charge in [0.25, 0.3) is 0 Å². The van der Waals surface area contributed by atoms with Gasteiger partial charge in [0.2, 0.25) is 0 Å². The second-order valence-corrected chi connectivity index (χ2v) is 6.61. The van der Waals surface area contributed by atoms with E-state index in [1.165, 1.54) is 38.5 Å². The van der Waals surface area contributed by atoms with Crippen molar-refractivity contribution < 1.29 is 5.11 Å². The quantitative estimate of drug-likeness (QED) is 0.557. The van der Waals surface area contributed by atoms with Crippen molar-refractivity contribution in [1.29, 1.82) is 0 Å². The fourth-order valence-electron chi connectivity index (χ4n) is 2.14. The molecule has 3 heteroatoms. The van der Waals surface area contributed by atoms with Crippen LogP contribution >= 0.6 is 11.8 Å². The largest absolute Gasteiger partial charge is 0.390 e. The third kappa shape index (κ3) is 7.53. The van der Waals surface area contributed by atoms with E-state index in [9.17, 15) is 5.11 Å². The predicted octanol–water partition coefficient (Wildman–Crippen LogP) is 2.80. The fraction of sp³-hybridized carbons (Fsp3) is 1.00. The molecule has 0 radical (unpaired) electrons. The molecule has 1 rings (SSSR count). The third-order valence-corrected chi connectivity index (χ3v) is 4.39. The van der Waals surface area contributed by atoms with Crippen LogP contribution in [0.1, 0.15) is 52.4 Å². The first-order chi connectivity index (χ1) is 7.58. The number of hydrogen-bond acceptors (Lipinski definition) is 3. The summed E-state index contributed by atoms with van der Waals surface area (Å²) in [5.41, 5.74) is -0.521. The van der Waals surface area contributed by atoms with Crippen LogP contribution in [0.25, 0.3) is 0 Å². The third-order valence-electron chi connectivity index (χ3n) is 2.99. The van der Waals surface area contributed by atoms with Crippen molar-refractivity contribution in [3.05, 3.63) is 0 Å². The molecule has 0 aromatic rings. The first-order valence-electron chi connectivity index (χ1n) is 6.61. The lowest BCUT2D eigenvalue weighted by molar-refractivity contribution is 0.107. The minimum Gasteiger partial charge on any atom is -0.390 e. The highest BCUT2D eigenvalue weighted by atomic mass is 32.2. The summed E-state index contributed by atoms with van der Waals surface area (Å²) in [6.07, 6.45) is 8.35. The van der Waals surface area contributed by atoms with E-state index in [1.54, 1.807) is 0 Å². The van der Waals surface area contributed by atoms with Gasteiger partial charge in [-0.1, -0.05) is 25.7 Å². The molecule has 1 aliphatic carbocycles. The van der Waals surface area contributed by atoms with Crippen LogP contribution in [0, 0.1) is 0 Å². The lowest BCUT2D eigenvalue weighted by Crippen LogP contribution is -2.31. The van der Waals surface area contributed by atoms with Crippen LogP contribution in [0.4, 0.5) is 0 Å². The van der Waals surface area contributed by atoms with Gasteiger partial charge in [0, 0.05) is 24.1 Å². The van der Waals surface area contributed by atoms with Crippen molar-refractivity contribution in [2.45, 2.75) is 64.0 Å². The van der Waals surface area contributed by atoms with Gasteiger partial charge in [0.15, 0.2) is 0 Å². The summed E-state index contributed by atoms with van der Waals surface area (Å²) in [5.74, 6) is 1.94. The molecule has 0 aromatic heterocycles. The number of nitrogens with one attached hydrogen (secondary N) is 1. The van der Waals surface area contributed by atoms with Crippen molar-refractivity contribution in [3.8, 4) is 0 Å². The Bertz CT molecular complexity index is 171. The van der Waals surface area contributed by atoms with Gasteiger partial charge < -0.3 is 10.4 Å². The van der Waals surface area contributed by atoms with Gasteiger partial charge in [-0.25, -0.2) is 0 Å². The normalized spacial score (nSPS) is 19.7. The standard InChI is InChI=1S/C13H27NOS/c1-13(2,15)11-16-10-9-14-12-7-5-3-4-6-8-12/h12,14-15H,3-11H2,1-2H3. The topological polar surface area (TPSA) is 32.3 Å². The Hall–Kier alpha value is 0.270. The lowest BCUT2D eigenvalue weighted by atomic mass is 10.1. The van der Waals surface area contributed by atoms with Crippen LogP contribution in [0.3, 0.4) is 0 Å². The van der Waals surface area contributed by atoms with Gasteiger partial charge in [-0.15, -0.1) is 0 Å². The Morgan fingerprint density at radius 1 is 1.19 bits per heavy atom. The molecule has 0 heterocycles. The molecule has 0 atom stereocenters. The van der Waals surface area contributed by atoms with Gasteiger partial charge in [-0.2, -0.15) is 11.8 Å². The molecule has 16 heavy (non-hydrogen) atoms. The highest BCUT2D eigenvalue weighted by molar-refractivity contribution is 7.99. The zero-order valence-corrected chi connectivity index (χ0v) is 11.6. The zero-order chi connectivity index (χ0) is 11.9. The van der Waals surface area contributed by atoms with Crippen molar-refractivity contribution in [1.82, 2.24) is 5.32 Å². The summed E-state index contributed by atoms with van der Waals surface area (Å²) in [6, 6.07) is 0.755. The van der Waals surface area contributed by atoms with Gasteiger partial charge in [-0.05, 0) is 26.7 Å². The van der Waals surface area contributed by atoms with Crippen LogP contribution in [-0.4, -0.2) is 34.8 Å². The highest BCUT2D eigenvalue weighted by Gasteiger charge is 2.13. The molecular weight excluding hydrogens is 218 g/mol. The summed E-state index contributed by atoms with van der Waals surface area (Å²) in [4.78, 5) is 0. The number of aliphatic hydroxyl groups is 1. The van der Waals surface area contributed by atoms with E-state index in [2.05, 4.69) is 5.32 Å². The molecule has 1 saturated carbocycles. The second-order valence-electron chi connectivity index (χ2n) is 5.51. The van der Waals surface area contributed by atoms with Crippen LogP contribution in [0.15, 0.2) is 0 Å². The fourth-order valence-corrected chi connectivity index (χ4v) is 3.05. The van der Waals surface area contributed by atoms with Gasteiger partial charge >= 0.3 is 0 Å². The minimum atomic E-state index is -0.521. The molecule has 0 unspecified atom stereocenters. The summed E-state index contributed by atoms with van der Waals surface area (Å²) < 4.78 is 0. The molecule has 0 aliphatic heterocycles. The van der Waals surface area contributed by atoms with Crippen molar-refractivity contribution in [2.75, 3.05) is 18.1 Å². The Morgan fingerprint density at radius 2 is 1.81 bits per heavy atom. The first-order valence-corrected chi connectivity index (χ1v) is 7.77. The van der Waals surface area contributed by atoms with E-state index >= 15 is 0 Å². The molecule has 0 saturated heterocycles. The minimum absolute atomic E-state index is 0.521. The molecule has 2 nitrogen and oxygen atoms in total. The monoisotopic (exact) mass is 245 g/mol. The second kappa shape index (κ2) is 7.57. The zero-order valence-electron chi connectivity index (χ0n) is 10.8. The highest BCUT2D eigenvalue weighted by Crippen LogP contribution is 2.17. The van der Waals surface area contributed by atoms with Crippen LogP contribution in [0.2, 0.25) is 0 Å². The summed E-state index contributed by atoms with van der Waals surface area (Å²) in [6.45, 7) is 4.84. The van der Waals surface area contributed by atoms with Crippen molar-refractivity contribution in [2.24, 2.45) is 0 Å². The smallest absolute Gasteiger partial charge is 0.0681 e. The average Bonchev–Trinajstić information content (AvgIpc) is 2.44. The number of hydrogen-bond donors (Lipinski definition) is 2. The predicted molar refractivity (Wildman–Crippen MR) is 73.1 cm³/mol. The van der Waals surface area contributed by atoms with E-state index in [-0.39, 0.29) is 0 Å². The van der Waals surface area contributed by atoms with E-state index in [0.29, 0.717) is 0 Å². The SMILES string of the molecule is CC(C)(O)CSCCNC1CCCCCC1. The molecular formula is C13H27NOS. The molecule has 0 bridgehead atoms. The van der Waals surface area contributed by atoms with E-state index < -0.39 is 5.60 Å². The first kappa shape index (κ1) is 14.3. The van der Waals surface area contributed by atoms with Gasteiger partial charge in [0.05, 0.1) is 5.60 Å². The van der Waals surface area contributed by atoms with E-state index in [1.807, 2.05) is 25.6 Å². The molecule has 0 amide bonds. The van der Waals surface area contributed by atoms with Crippen LogP contribution in [-0.2, 0) is 0 Å². The maximum Gasteiger partial charge on any atom is 0.0681 e. The maximum atomic E-state index is 9.56. The number of thioether (sulfide) groups is 1. The van der Waals surface area contributed by atoms with E-state index in [0.717, 1.165) is 24.1 Å². The molecule has 1 fully saturated rings.